The van der Waals surface area contributed by atoms with E-state index in [9.17, 15) is 0 Å². The fraction of sp³-hybridized carbons (Fsp3) is 1.00. The first kappa shape index (κ1) is 13.5. The second-order valence-corrected chi connectivity index (χ2v) is 7.37. The lowest BCUT2D eigenvalue weighted by Gasteiger charge is -2.60. The predicted octanol–water partition coefficient (Wildman–Crippen LogP) is 2.15. The number of fused-ring (bicyclic) bond motifs is 2. The highest BCUT2D eigenvalue weighted by molar-refractivity contribution is 5.09. The summed E-state index contributed by atoms with van der Waals surface area (Å²) in [5.74, 6) is 0.936. The van der Waals surface area contributed by atoms with Gasteiger partial charge in [0.1, 0.15) is 6.23 Å². The molecular weight excluding hydrogens is 258 g/mol. The number of hydrogen-bond acceptors (Lipinski definition) is 5. The van der Waals surface area contributed by atoms with Crippen molar-refractivity contribution in [1.29, 1.82) is 0 Å². The van der Waals surface area contributed by atoms with Crippen molar-refractivity contribution in [2.45, 2.75) is 70.4 Å². The molecule has 2 N–H and O–H groups in total. The summed E-state index contributed by atoms with van der Waals surface area (Å²) in [5, 5.41) is 0. The van der Waals surface area contributed by atoms with Crippen LogP contribution in [0.5, 0.6) is 0 Å². The Morgan fingerprint density at radius 2 is 1.85 bits per heavy atom. The topological polar surface area (TPSA) is 62.9 Å². The molecule has 0 radical (unpaired) electrons. The number of nitrogens with two attached hydrogens (primary N) is 1. The second-order valence-electron chi connectivity index (χ2n) is 7.37. The van der Waals surface area contributed by atoms with Crippen LogP contribution in [0.2, 0.25) is 0 Å². The Hall–Kier alpha value is -0.200. The molecule has 4 aliphatic heterocycles. The van der Waals surface area contributed by atoms with Gasteiger partial charge in [-0.25, -0.2) is 9.78 Å². The maximum Gasteiger partial charge on any atom is 0.201 e. The van der Waals surface area contributed by atoms with Crippen molar-refractivity contribution in [3.05, 3.63) is 0 Å². The minimum Gasteiger partial charge on any atom is -0.331 e. The largest absolute Gasteiger partial charge is 0.331 e. The number of hydrogen-bond donors (Lipinski definition) is 1. The maximum atomic E-state index is 6.18. The standard InChI is InChI=1S/C15H25NO4/c1-8-4-5-11-9(2)12(16)17-13-15(11)10(8)6-7-14(3,18-13)19-20-15/h8-13H,4-7,16H2,1-3H3/t8-,9-,10?,11?,12?,13-,14-,15?/m1/s1. The summed E-state index contributed by atoms with van der Waals surface area (Å²) in [6.07, 6.45) is 3.57. The fourth-order valence-corrected chi connectivity index (χ4v) is 4.93. The molecule has 114 valence electrons. The predicted molar refractivity (Wildman–Crippen MR) is 71.0 cm³/mol. The highest BCUT2D eigenvalue weighted by Crippen LogP contribution is 2.60. The molecule has 1 spiro atoms. The molecule has 5 rings (SSSR count). The second kappa shape index (κ2) is 4.17. The molecule has 2 bridgehead atoms. The lowest BCUT2D eigenvalue weighted by molar-refractivity contribution is -0.570. The van der Waals surface area contributed by atoms with Crippen molar-refractivity contribution in [3.8, 4) is 0 Å². The summed E-state index contributed by atoms with van der Waals surface area (Å²) in [6, 6.07) is 0. The van der Waals surface area contributed by atoms with E-state index in [1.807, 2.05) is 6.92 Å². The molecule has 0 amide bonds. The van der Waals surface area contributed by atoms with Gasteiger partial charge in [0.25, 0.3) is 0 Å². The van der Waals surface area contributed by atoms with E-state index >= 15 is 0 Å². The van der Waals surface area contributed by atoms with E-state index in [1.165, 1.54) is 6.42 Å². The van der Waals surface area contributed by atoms with Crippen molar-refractivity contribution >= 4 is 0 Å². The first-order chi connectivity index (χ1) is 9.46. The highest BCUT2D eigenvalue weighted by atomic mass is 17.3. The molecule has 0 aromatic carbocycles. The highest BCUT2D eigenvalue weighted by Gasteiger charge is 2.68. The van der Waals surface area contributed by atoms with E-state index in [1.54, 1.807) is 0 Å². The van der Waals surface area contributed by atoms with Crippen LogP contribution in [0.1, 0.15) is 46.5 Å². The molecule has 20 heavy (non-hydrogen) atoms. The summed E-state index contributed by atoms with van der Waals surface area (Å²) < 4.78 is 12.2. The summed E-state index contributed by atoms with van der Waals surface area (Å²) >= 11 is 0. The first-order valence-corrected chi connectivity index (χ1v) is 7.92. The van der Waals surface area contributed by atoms with Crippen LogP contribution in [0, 0.1) is 23.7 Å². The molecule has 4 heterocycles. The monoisotopic (exact) mass is 283 g/mol. The number of rotatable bonds is 0. The van der Waals surface area contributed by atoms with Gasteiger partial charge in [-0.3, -0.25) is 0 Å². The van der Waals surface area contributed by atoms with Gasteiger partial charge in [-0.2, -0.15) is 0 Å². The van der Waals surface area contributed by atoms with Crippen molar-refractivity contribution in [2.24, 2.45) is 29.4 Å². The summed E-state index contributed by atoms with van der Waals surface area (Å²) in [4.78, 5) is 11.7. The van der Waals surface area contributed by atoms with Crippen LogP contribution >= 0.6 is 0 Å². The summed E-state index contributed by atoms with van der Waals surface area (Å²) in [6.45, 7) is 6.41. The molecule has 0 aromatic rings. The molecule has 1 aliphatic carbocycles. The maximum absolute atomic E-state index is 6.18. The zero-order valence-corrected chi connectivity index (χ0v) is 12.5. The molecule has 4 unspecified atom stereocenters. The Kier molecular flexibility index (Phi) is 2.81. The van der Waals surface area contributed by atoms with Crippen molar-refractivity contribution in [3.63, 3.8) is 0 Å². The zero-order valence-electron chi connectivity index (χ0n) is 12.5. The fourth-order valence-electron chi connectivity index (χ4n) is 4.93. The van der Waals surface area contributed by atoms with E-state index in [2.05, 4.69) is 13.8 Å². The van der Waals surface area contributed by atoms with E-state index in [4.69, 9.17) is 25.0 Å². The normalized spacial score (nSPS) is 61.8. The van der Waals surface area contributed by atoms with E-state index < -0.39 is 17.7 Å². The molecule has 5 aliphatic rings. The minimum absolute atomic E-state index is 0.260. The molecule has 1 saturated carbocycles. The van der Waals surface area contributed by atoms with Gasteiger partial charge < -0.3 is 15.2 Å². The van der Waals surface area contributed by atoms with Crippen LogP contribution in [0.3, 0.4) is 0 Å². The smallest absolute Gasteiger partial charge is 0.201 e. The third kappa shape index (κ3) is 1.56. The third-order valence-electron chi connectivity index (χ3n) is 6.21. The number of ether oxygens (including phenoxy) is 2. The molecule has 5 heteroatoms. The van der Waals surface area contributed by atoms with E-state index in [0.29, 0.717) is 17.8 Å². The summed E-state index contributed by atoms with van der Waals surface area (Å²) in [7, 11) is 0. The molecular formula is C15H25NO4. The Bertz CT molecular complexity index is 415. The Balaban J connectivity index is 1.82. The van der Waals surface area contributed by atoms with E-state index in [0.717, 1.165) is 19.3 Å². The lowest BCUT2D eigenvalue weighted by atomic mass is 9.58. The van der Waals surface area contributed by atoms with Crippen molar-refractivity contribution in [2.75, 3.05) is 0 Å². The van der Waals surface area contributed by atoms with Gasteiger partial charge in [0.15, 0.2) is 11.9 Å². The Morgan fingerprint density at radius 3 is 2.65 bits per heavy atom. The molecule has 8 atom stereocenters. The average Bonchev–Trinajstić information content (AvgIpc) is 2.63. The van der Waals surface area contributed by atoms with Gasteiger partial charge in [0.05, 0.1) is 0 Å². The summed E-state index contributed by atoms with van der Waals surface area (Å²) in [5.41, 5.74) is 5.71. The van der Waals surface area contributed by atoms with Gasteiger partial charge >= 0.3 is 0 Å². The molecule has 5 fully saturated rings. The van der Waals surface area contributed by atoms with Gasteiger partial charge in [-0.05, 0) is 38.0 Å². The van der Waals surface area contributed by atoms with Crippen LogP contribution < -0.4 is 5.73 Å². The first-order valence-electron chi connectivity index (χ1n) is 7.92. The Labute approximate surface area is 120 Å². The molecule has 4 saturated heterocycles. The minimum atomic E-state index is -0.697. The van der Waals surface area contributed by atoms with Crippen LogP contribution in [0.4, 0.5) is 0 Å². The van der Waals surface area contributed by atoms with Gasteiger partial charge in [-0.1, -0.05) is 13.8 Å². The van der Waals surface area contributed by atoms with Gasteiger partial charge in [-0.15, -0.1) is 0 Å². The van der Waals surface area contributed by atoms with Crippen LogP contribution in [0.15, 0.2) is 0 Å². The molecule has 0 aromatic heterocycles. The van der Waals surface area contributed by atoms with Crippen LogP contribution in [-0.4, -0.2) is 23.9 Å². The Morgan fingerprint density at radius 1 is 1.05 bits per heavy atom. The van der Waals surface area contributed by atoms with Crippen LogP contribution in [-0.2, 0) is 19.2 Å². The molecule has 5 nitrogen and oxygen atoms in total. The quantitative estimate of drug-likeness (QED) is 0.690. The SMILES string of the molecule is C[C@H]1C(N)O[C@@H]2O[C@@]3(C)CCC4[C@H](C)CCC1C42OO3. The van der Waals surface area contributed by atoms with E-state index in [-0.39, 0.29) is 12.1 Å². The zero-order chi connectivity index (χ0) is 14.1. The van der Waals surface area contributed by atoms with Gasteiger partial charge in [0.2, 0.25) is 5.79 Å². The van der Waals surface area contributed by atoms with Crippen molar-refractivity contribution < 1.29 is 19.2 Å². The van der Waals surface area contributed by atoms with Crippen LogP contribution in [0.25, 0.3) is 0 Å². The van der Waals surface area contributed by atoms with Crippen molar-refractivity contribution in [1.82, 2.24) is 0 Å². The lowest BCUT2D eigenvalue weighted by Crippen LogP contribution is -2.71. The average molecular weight is 283 g/mol. The van der Waals surface area contributed by atoms with Gasteiger partial charge in [0, 0.05) is 18.3 Å². The third-order valence-corrected chi connectivity index (χ3v) is 6.21.